The van der Waals surface area contributed by atoms with Crippen LogP contribution in [0.5, 0.6) is 0 Å². The Morgan fingerprint density at radius 3 is 2.47 bits per heavy atom. The SMILES string of the molecule is C[C@@H]1C[C@H](Cc2ccccc2F)CN(c2c(Cl)cc(/C=C/C(=O)NN3CCN(C)CC3)cc2Cl)C1=O. The van der Waals surface area contributed by atoms with Crippen molar-refractivity contribution in [2.75, 3.05) is 44.7 Å². The first-order chi connectivity index (χ1) is 17.2. The van der Waals surface area contributed by atoms with Crippen LogP contribution in [0, 0.1) is 17.7 Å². The summed E-state index contributed by atoms with van der Waals surface area (Å²) in [4.78, 5) is 29.2. The van der Waals surface area contributed by atoms with Crippen molar-refractivity contribution in [2.24, 2.45) is 11.8 Å². The van der Waals surface area contributed by atoms with Gasteiger partial charge in [-0.1, -0.05) is 48.3 Å². The summed E-state index contributed by atoms with van der Waals surface area (Å²) in [6, 6.07) is 10.1. The number of likely N-dealkylation sites (N-methyl/N-ethyl adjacent to an activating group) is 1. The molecule has 0 saturated carbocycles. The monoisotopic (exact) mass is 532 g/mol. The van der Waals surface area contributed by atoms with Crippen molar-refractivity contribution in [1.82, 2.24) is 15.3 Å². The van der Waals surface area contributed by atoms with Gasteiger partial charge in [-0.15, -0.1) is 0 Å². The van der Waals surface area contributed by atoms with E-state index in [4.69, 9.17) is 23.2 Å². The molecule has 0 spiro atoms. The Balaban J connectivity index is 1.46. The lowest BCUT2D eigenvalue weighted by Crippen LogP contribution is -2.52. The van der Waals surface area contributed by atoms with E-state index in [-0.39, 0.29) is 29.5 Å². The van der Waals surface area contributed by atoms with E-state index in [0.29, 0.717) is 46.2 Å². The third-order valence-electron chi connectivity index (χ3n) is 6.79. The Labute approximate surface area is 221 Å². The van der Waals surface area contributed by atoms with Gasteiger partial charge in [0.2, 0.25) is 5.91 Å². The van der Waals surface area contributed by atoms with Gasteiger partial charge in [0.05, 0.1) is 15.7 Å². The maximum absolute atomic E-state index is 14.2. The van der Waals surface area contributed by atoms with Gasteiger partial charge < -0.3 is 9.80 Å². The molecule has 0 aliphatic carbocycles. The number of halogens is 3. The number of anilines is 1. The van der Waals surface area contributed by atoms with Gasteiger partial charge in [-0.2, -0.15) is 0 Å². The molecule has 2 amide bonds. The average Bonchev–Trinajstić information content (AvgIpc) is 2.83. The molecule has 9 heteroatoms. The number of carbonyl (C=O) groups is 2. The van der Waals surface area contributed by atoms with Crippen molar-refractivity contribution in [3.8, 4) is 0 Å². The van der Waals surface area contributed by atoms with E-state index in [1.54, 1.807) is 35.2 Å². The van der Waals surface area contributed by atoms with Gasteiger partial charge in [0, 0.05) is 44.7 Å². The summed E-state index contributed by atoms with van der Waals surface area (Å²) in [6.07, 6.45) is 4.29. The summed E-state index contributed by atoms with van der Waals surface area (Å²) >= 11 is 13.2. The van der Waals surface area contributed by atoms with Gasteiger partial charge in [0.25, 0.3) is 5.91 Å². The van der Waals surface area contributed by atoms with Gasteiger partial charge in [0.15, 0.2) is 0 Å². The molecule has 2 aliphatic heterocycles. The number of nitrogens with one attached hydrogen (secondary N) is 1. The van der Waals surface area contributed by atoms with Crippen LogP contribution < -0.4 is 10.3 Å². The maximum atomic E-state index is 14.2. The predicted molar refractivity (Wildman–Crippen MR) is 142 cm³/mol. The molecule has 1 N–H and O–H groups in total. The second-order valence-electron chi connectivity index (χ2n) is 9.68. The van der Waals surface area contributed by atoms with E-state index >= 15 is 0 Å². The average molecular weight is 533 g/mol. The van der Waals surface area contributed by atoms with Crippen molar-refractivity contribution in [3.63, 3.8) is 0 Å². The number of hydrogen-bond acceptors (Lipinski definition) is 4. The molecule has 192 valence electrons. The zero-order valence-electron chi connectivity index (χ0n) is 20.5. The molecule has 4 rings (SSSR count). The van der Waals surface area contributed by atoms with Crippen molar-refractivity contribution < 1.29 is 14.0 Å². The smallest absolute Gasteiger partial charge is 0.258 e. The standard InChI is InChI=1S/C27H31Cl2FN4O2/c1-18-13-20(14-21-5-3-4-6-24(21)30)17-34(27(18)36)26-22(28)15-19(16-23(26)29)7-8-25(35)31-33-11-9-32(2)10-12-33/h3-8,15-16,18,20H,9-14,17H2,1-2H3,(H,31,35)/b8-7+/t18-,20-/m1/s1. The minimum absolute atomic E-state index is 0.0570. The van der Waals surface area contributed by atoms with Crippen molar-refractivity contribution in [1.29, 1.82) is 0 Å². The highest BCUT2D eigenvalue weighted by Gasteiger charge is 2.34. The van der Waals surface area contributed by atoms with Crippen molar-refractivity contribution >= 4 is 46.8 Å². The van der Waals surface area contributed by atoms with E-state index < -0.39 is 0 Å². The lowest BCUT2D eigenvalue weighted by atomic mass is 9.85. The second-order valence-corrected chi connectivity index (χ2v) is 10.5. The number of benzene rings is 2. The molecule has 6 nitrogen and oxygen atoms in total. The molecule has 2 saturated heterocycles. The van der Waals surface area contributed by atoms with Gasteiger partial charge in [-0.3, -0.25) is 15.0 Å². The fraction of sp³-hybridized carbons (Fsp3) is 0.407. The second kappa shape index (κ2) is 11.7. The minimum Gasteiger partial charge on any atom is -0.309 e. The Hall–Kier alpha value is -2.45. The number of nitrogens with zero attached hydrogens (tertiary/aromatic N) is 3. The Morgan fingerprint density at radius 2 is 1.81 bits per heavy atom. The topological polar surface area (TPSA) is 55.9 Å². The fourth-order valence-electron chi connectivity index (χ4n) is 4.84. The van der Waals surface area contributed by atoms with Crippen LogP contribution in [-0.4, -0.2) is 61.5 Å². The molecule has 2 aromatic carbocycles. The summed E-state index contributed by atoms with van der Waals surface area (Å²) in [7, 11) is 2.05. The molecule has 2 fully saturated rings. The quantitative estimate of drug-likeness (QED) is 0.550. The van der Waals surface area contributed by atoms with E-state index in [0.717, 1.165) is 26.2 Å². The highest BCUT2D eigenvalue weighted by molar-refractivity contribution is 6.40. The van der Waals surface area contributed by atoms with Crippen LogP contribution in [0.15, 0.2) is 42.5 Å². The first kappa shape index (κ1) is 26.6. The zero-order valence-corrected chi connectivity index (χ0v) is 22.0. The van der Waals surface area contributed by atoms with Gasteiger partial charge in [-0.25, -0.2) is 9.40 Å². The Kier molecular flexibility index (Phi) is 8.67. The number of rotatable bonds is 6. The molecule has 0 unspecified atom stereocenters. The third kappa shape index (κ3) is 6.45. The van der Waals surface area contributed by atoms with Gasteiger partial charge in [-0.05, 0) is 61.2 Å². The largest absolute Gasteiger partial charge is 0.309 e. The van der Waals surface area contributed by atoms with Crippen LogP contribution in [0.1, 0.15) is 24.5 Å². The lowest BCUT2D eigenvalue weighted by Gasteiger charge is -2.37. The molecule has 0 bridgehead atoms. The van der Waals surface area contributed by atoms with E-state index in [2.05, 4.69) is 17.4 Å². The summed E-state index contributed by atoms with van der Waals surface area (Å²) in [5.74, 6) is -0.692. The van der Waals surface area contributed by atoms with E-state index in [1.807, 2.05) is 18.0 Å². The van der Waals surface area contributed by atoms with Crippen LogP contribution in [0.2, 0.25) is 10.0 Å². The number of piperidine rings is 1. The summed E-state index contributed by atoms with van der Waals surface area (Å²) < 4.78 is 14.2. The number of hydrogen-bond donors (Lipinski definition) is 1. The zero-order chi connectivity index (χ0) is 25.8. The third-order valence-corrected chi connectivity index (χ3v) is 7.37. The number of carbonyl (C=O) groups excluding carboxylic acids is 2. The van der Waals surface area contributed by atoms with E-state index in [9.17, 15) is 14.0 Å². The lowest BCUT2D eigenvalue weighted by molar-refractivity contribution is -0.124. The van der Waals surface area contributed by atoms with Crippen molar-refractivity contribution in [3.05, 3.63) is 69.5 Å². The highest BCUT2D eigenvalue weighted by atomic mass is 35.5. The molecule has 2 aromatic rings. The minimum atomic E-state index is -0.238. The first-order valence-corrected chi connectivity index (χ1v) is 12.9. The molecule has 0 radical (unpaired) electrons. The number of hydrazine groups is 1. The van der Waals surface area contributed by atoms with E-state index in [1.165, 1.54) is 12.1 Å². The molecular weight excluding hydrogens is 502 g/mol. The fourth-order valence-corrected chi connectivity index (χ4v) is 5.54. The van der Waals surface area contributed by atoms with Crippen LogP contribution in [0.4, 0.5) is 10.1 Å². The molecular formula is C27H31Cl2FN4O2. The molecule has 36 heavy (non-hydrogen) atoms. The van der Waals surface area contributed by atoms with Crippen LogP contribution in [0.3, 0.4) is 0 Å². The maximum Gasteiger partial charge on any atom is 0.258 e. The van der Waals surface area contributed by atoms with Crippen LogP contribution in [0.25, 0.3) is 6.08 Å². The van der Waals surface area contributed by atoms with Crippen molar-refractivity contribution in [2.45, 2.75) is 19.8 Å². The molecule has 2 aliphatic rings. The first-order valence-electron chi connectivity index (χ1n) is 12.2. The van der Waals surface area contributed by atoms with Gasteiger partial charge >= 0.3 is 0 Å². The highest BCUT2D eigenvalue weighted by Crippen LogP contribution is 2.39. The summed E-state index contributed by atoms with van der Waals surface area (Å²) in [5.41, 5.74) is 4.62. The number of piperazine rings is 1. The predicted octanol–water partition coefficient (Wildman–Crippen LogP) is 4.66. The number of amides is 2. The van der Waals surface area contributed by atoms with Crippen LogP contribution >= 0.6 is 23.2 Å². The Morgan fingerprint density at radius 1 is 1.14 bits per heavy atom. The normalized spacial score (nSPS) is 21.8. The summed E-state index contributed by atoms with van der Waals surface area (Å²) in [5, 5.41) is 2.55. The molecule has 2 atom stereocenters. The Bertz CT molecular complexity index is 1130. The van der Waals surface area contributed by atoms with Gasteiger partial charge in [0.1, 0.15) is 5.82 Å². The molecule has 2 heterocycles. The summed E-state index contributed by atoms with van der Waals surface area (Å²) in [6.45, 7) is 5.60. The van der Waals surface area contributed by atoms with Crippen LogP contribution in [-0.2, 0) is 16.0 Å². The molecule has 0 aromatic heterocycles.